The quantitative estimate of drug-likeness (QED) is 0.575. The molecule has 0 saturated carbocycles. The zero-order valence-electron chi connectivity index (χ0n) is 9.77. The molecule has 1 heterocycles. The molecule has 1 aromatic heterocycles. The van der Waals surface area contributed by atoms with Gasteiger partial charge in [0.25, 0.3) is 0 Å². The summed E-state index contributed by atoms with van der Waals surface area (Å²) in [4.78, 5) is 12.5. The lowest BCUT2D eigenvalue weighted by molar-refractivity contribution is 0.0977. The highest BCUT2D eigenvalue weighted by Gasteiger charge is 2.06. The fourth-order valence-electron chi connectivity index (χ4n) is 1.51. The monoisotopic (exact) mass is 324 g/mol. The molecule has 0 aliphatic carbocycles. The molecule has 2 nitrogen and oxygen atoms in total. The third-order valence-electron chi connectivity index (χ3n) is 2.43. The van der Waals surface area contributed by atoms with Crippen molar-refractivity contribution >= 4 is 33.0 Å². The van der Waals surface area contributed by atoms with Gasteiger partial charge in [-0.05, 0) is 42.1 Å². The Balaban J connectivity index is 1.70. The van der Waals surface area contributed by atoms with Gasteiger partial charge in [0.15, 0.2) is 5.78 Å². The molecular formula is C14H13BrO2S. The van der Waals surface area contributed by atoms with E-state index in [0.29, 0.717) is 13.0 Å². The summed E-state index contributed by atoms with van der Waals surface area (Å²) in [7, 11) is 0. The molecule has 0 aliphatic heterocycles. The van der Waals surface area contributed by atoms with Gasteiger partial charge in [0, 0.05) is 10.9 Å². The van der Waals surface area contributed by atoms with Crippen LogP contribution in [0.25, 0.3) is 0 Å². The summed E-state index contributed by atoms with van der Waals surface area (Å²) in [6.07, 6.45) is 1.28. The number of rotatable bonds is 6. The van der Waals surface area contributed by atoms with Crippen LogP contribution in [0.15, 0.2) is 46.3 Å². The number of benzene rings is 1. The SMILES string of the molecule is O=C(CCCOc1ccc(Br)cc1)c1cccs1. The number of Topliss-reactive ketones (excluding diaryl/α,β-unsaturated/α-hetero) is 1. The minimum atomic E-state index is 0.199. The van der Waals surface area contributed by atoms with Gasteiger partial charge in [0.1, 0.15) is 5.75 Å². The van der Waals surface area contributed by atoms with Crippen molar-refractivity contribution in [2.24, 2.45) is 0 Å². The lowest BCUT2D eigenvalue weighted by atomic mass is 10.2. The van der Waals surface area contributed by atoms with Gasteiger partial charge in [-0.3, -0.25) is 4.79 Å². The van der Waals surface area contributed by atoms with Crippen LogP contribution in [0, 0.1) is 0 Å². The largest absolute Gasteiger partial charge is 0.494 e. The van der Waals surface area contributed by atoms with Crippen molar-refractivity contribution in [3.63, 3.8) is 0 Å². The first-order valence-corrected chi connectivity index (χ1v) is 7.38. The number of carbonyl (C=O) groups excluding carboxylic acids is 1. The second kappa shape index (κ2) is 6.71. The average molecular weight is 325 g/mol. The van der Waals surface area contributed by atoms with Crippen LogP contribution in [0.2, 0.25) is 0 Å². The molecule has 0 amide bonds. The minimum absolute atomic E-state index is 0.199. The number of hydrogen-bond donors (Lipinski definition) is 0. The van der Waals surface area contributed by atoms with Crippen LogP contribution in [0.5, 0.6) is 5.75 Å². The van der Waals surface area contributed by atoms with Crippen molar-refractivity contribution in [1.29, 1.82) is 0 Å². The third-order valence-corrected chi connectivity index (χ3v) is 3.87. The molecule has 4 heteroatoms. The molecule has 2 rings (SSSR count). The molecule has 0 fully saturated rings. The van der Waals surface area contributed by atoms with E-state index in [1.54, 1.807) is 0 Å². The van der Waals surface area contributed by atoms with E-state index in [0.717, 1.165) is 21.5 Å². The molecule has 0 aliphatic rings. The summed E-state index contributed by atoms with van der Waals surface area (Å²) in [6.45, 7) is 0.568. The van der Waals surface area contributed by atoms with Gasteiger partial charge < -0.3 is 4.74 Å². The molecule has 1 aromatic carbocycles. The zero-order valence-corrected chi connectivity index (χ0v) is 12.2. The molecule has 18 heavy (non-hydrogen) atoms. The number of hydrogen-bond acceptors (Lipinski definition) is 3. The summed E-state index contributed by atoms with van der Waals surface area (Å²) >= 11 is 4.86. The Labute approximate surface area is 119 Å². The summed E-state index contributed by atoms with van der Waals surface area (Å²) in [5, 5.41) is 1.92. The van der Waals surface area contributed by atoms with Gasteiger partial charge in [0.05, 0.1) is 11.5 Å². The van der Waals surface area contributed by atoms with Gasteiger partial charge in [-0.15, -0.1) is 11.3 Å². The van der Waals surface area contributed by atoms with Crippen molar-refractivity contribution < 1.29 is 9.53 Å². The number of ether oxygens (including phenoxy) is 1. The molecule has 0 saturated heterocycles. The van der Waals surface area contributed by atoms with E-state index in [-0.39, 0.29) is 5.78 Å². The Hall–Kier alpha value is -1.13. The van der Waals surface area contributed by atoms with E-state index < -0.39 is 0 Å². The fourth-order valence-corrected chi connectivity index (χ4v) is 2.47. The molecule has 0 unspecified atom stereocenters. The van der Waals surface area contributed by atoms with Crippen molar-refractivity contribution in [3.8, 4) is 5.75 Å². The third kappa shape index (κ3) is 3.96. The standard InChI is InChI=1S/C14H13BrO2S/c15-11-5-7-12(8-6-11)17-9-1-3-13(16)14-4-2-10-18-14/h2,4-8,10H,1,3,9H2. The Bertz CT molecular complexity index is 491. The van der Waals surface area contributed by atoms with Crippen LogP contribution in [0.3, 0.4) is 0 Å². The number of halogens is 1. The Morgan fingerprint density at radius 1 is 1.22 bits per heavy atom. The summed E-state index contributed by atoms with van der Waals surface area (Å²) in [5.74, 6) is 1.03. The van der Waals surface area contributed by atoms with Gasteiger partial charge in [0.2, 0.25) is 0 Å². The van der Waals surface area contributed by atoms with Crippen molar-refractivity contribution in [2.75, 3.05) is 6.61 Å². The number of carbonyl (C=O) groups is 1. The van der Waals surface area contributed by atoms with E-state index in [1.807, 2.05) is 41.8 Å². The molecule has 2 aromatic rings. The van der Waals surface area contributed by atoms with Crippen LogP contribution in [0.4, 0.5) is 0 Å². The van der Waals surface area contributed by atoms with Gasteiger partial charge in [-0.2, -0.15) is 0 Å². The highest BCUT2D eigenvalue weighted by Crippen LogP contribution is 2.17. The first kappa shape index (κ1) is 13.3. The minimum Gasteiger partial charge on any atom is -0.494 e. The highest BCUT2D eigenvalue weighted by atomic mass is 79.9. The second-order valence-electron chi connectivity index (χ2n) is 3.81. The average Bonchev–Trinajstić information content (AvgIpc) is 2.90. The molecule has 0 atom stereocenters. The lowest BCUT2D eigenvalue weighted by Crippen LogP contribution is -2.02. The first-order valence-electron chi connectivity index (χ1n) is 5.71. The van der Waals surface area contributed by atoms with E-state index in [2.05, 4.69) is 15.9 Å². The second-order valence-corrected chi connectivity index (χ2v) is 5.67. The normalized spacial score (nSPS) is 10.3. The molecule has 0 radical (unpaired) electrons. The van der Waals surface area contributed by atoms with Crippen molar-refractivity contribution in [1.82, 2.24) is 0 Å². The highest BCUT2D eigenvalue weighted by molar-refractivity contribution is 9.10. The van der Waals surface area contributed by atoms with Gasteiger partial charge in [-0.1, -0.05) is 22.0 Å². The van der Waals surface area contributed by atoms with Gasteiger partial charge >= 0.3 is 0 Å². The topological polar surface area (TPSA) is 26.3 Å². The van der Waals surface area contributed by atoms with E-state index in [4.69, 9.17) is 4.74 Å². The van der Waals surface area contributed by atoms with Crippen LogP contribution >= 0.6 is 27.3 Å². The maximum Gasteiger partial charge on any atom is 0.172 e. The first-order chi connectivity index (χ1) is 8.75. The molecular weight excluding hydrogens is 312 g/mol. The lowest BCUT2D eigenvalue weighted by Gasteiger charge is -2.05. The summed E-state index contributed by atoms with van der Waals surface area (Å²) in [6, 6.07) is 11.5. The van der Waals surface area contributed by atoms with Crippen LogP contribution in [-0.2, 0) is 0 Å². The Kier molecular flexibility index (Phi) is 4.96. The van der Waals surface area contributed by atoms with Crippen molar-refractivity contribution in [2.45, 2.75) is 12.8 Å². The van der Waals surface area contributed by atoms with Crippen LogP contribution in [-0.4, -0.2) is 12.4 Å². The summed E-state index contributed by atoms with van der Waals surface area (Å²) < 4.78 is 6.59. The predicted molar refractivity (Wildman–Crippen MR) is 77.5 cm³/mol. The Morgan fingerprint density at radius 3 is 2.67 bits per heavy atom. The number of ketones is 1. The van der Waals surface area contributed by atoms with Crippen LogP contribution in [0.1, 0.15) is 22.5 Å². The van der Waals surface area contributed by atoms with Gasteiger partial charge in [-0.25, -0.2) is 0 Å². The maximum atomic E-state index is 11.7. The summed E-state index contributed by atoms with van der Waals surface area (Å²) in [5.41, 5.74) is 0. The van der Waals surface area contributed by atoms with E-state index in [1.165, 1.54) is 11.3 Å². The van der Waals surface area contributed by atoms with E-state index in [9.17, 15) is 4.79 Å². The zero-order chi connectivity index (χ0) is 12.8. The number of thiophene rings is 1. The fraction of sp³-hybridized carbons (Fsp3) is 0.214. The molecule has 0 spiro atoms. The van der Waals surface area contributed by atoms with E-state index >= 15 is 0 Å². The maximum absolute atomic E-state index is 11.7. The predicted octanol–water partition coefficient (Wildman–Crippen LogP) is 4.55. The Morgan fingerprint density at radius 2 is 2.00 bits per heavy atom. The molecule has 0 N–H and O–H groups in total. The molecule has 0 bridgehead atoms. The smallest absolute Gasteiger partial charge is 0.172 e. The van der Waals surface area contributed by atoms with Crippen molar-refractivity contribution in [3.05, 3.63) is 51.1 Å². The molecule has 94 valence electrons. The van der Waals surface area contributed by atoms with Crippen LogP contribution < -0.4 is 4.74 Å².